The van der Waals surface area contributed by atoms with Gasteiger partial charge in [-0.05, 0) is 88.1 Å². The Morgan fingerprint density at radius 2 is 1.80 bits per heavy atom. The number of aliphatic hydroxyl groups is 1. The number of hydrogen-bond acceptors (Lipinski definition) is 7. The van der Waals surface area contributed by atoms with Crippen molar-refractivity contribution in [3.05, 3.63) is 53.3 Å². The highest BCUT2D eigenvalue weighted by molar-refractivity contribution is 7.15. The Morgan fingerprint density at radius 1 is 1.00 bits per heavy atom. The maximum Gasteiger partial charge on any atom is 0.223 e. The van der Waals surface area contributed by atoms with Crippen molar-refractivity contribution < 1.29 is 9.90 Å². The molecule has 3 aromatic heterocycles. The highest BCUT2D eigenvalue weighted by Gasteiger charge is 2.30. The molecule has 2 saturated carbocycles. The van der Waals surface area contributed by atoms with Crippen LogP contribution in [0, 0.1) is 12.8 Å². The molecular weight excluding hydrogens is 458 g/mol. The van der Waals surface area contributed by atoms with Gasteiger partial charge >= 0.3 is 0 Å². The van der Waals surface area contributed by atoms with Crippen molar-refractivity contribution in [3.8, 4) is 10.6 Å². The fraction of sp³-hybridized carbons (Fsp3) is 0.481. The molecule has 2 fully saturated rings. The predicted molar refractivity (Wildman–Crippen MR) is 139 cm³/mol. The topological polar surface area (TPSA) is 100 Å². The molecule has 3 aromatic rings. The van der Waals surface area contributed by atoms with Crippen LogP contribution in [0.3, 0.4) is 0 Å². The van der Waals surface area contributed by atoms with E-state index in [0.717, 1.165) is 84.1 Å². The van der Waals surface area contributed by atoms with Crippen LogP contribution in [-0.4, -0.2) is 38.1 Å². The van der Waals surface area contributed by atoms with E-state index in [4.69, 9.17) is 9.97 Å². The summed E-state index contributed by atoms with van der Waals surface area (Å²) in [6, 6.07) is 10.1. The third kappa shape index (κ3) is 6.05. The van der Waals surface area contributed by atoms with Crippen molar-refractivity contribution in [1.29, 1.82) is 0 Å². The number of pyridine rings is 2. The van der Waals surface area contributed by atoms with Crippen molar-refractivity contribution >= 4 is 28.9 Å². The van der Waals surface area contributed by atoms with Gasteiger partial charge in [-0.1, -0.05) is 6.07 Å². The number of aryl methyl sites for hydroxylation is 1. The lowest BCUT2D eigenvalue weighted by molar-refractivity contribution is -0.127. The van der Waals surface area contributed by atoms with Crippen molar-refractivity contribution in [2.75, 3.05) is 5.32 Å². The zero-order chi connectivity index (χ0) is 24.2. The van der Waals surface area contributed by atoms with E-state index in [0.29, 0.717) is 5.92 Å². The van der Waals surface area contributed by atoms with Gasteiger partial charge in [0.05, 0.1) is 21.7 Å². The summed E-state index contributed by atoms with van der Waals surface area (Å²) in [6.07, 6.45) is 10.7. The van der Waals surface area contributed by atoms with Crippen LogP contribution in [0.4, 0.5) is 11.6 Å². The summed E-state index contributed by atoms with van der Waals surface area (Å²) in [7, 11) is 0. The second-order valence-corrected chi connectivity index (χ2v) is 10.9. The second-order valence-electron chi connectivity index (χ2n) is 9.88. The van der Waals surface area contributed by atoms with E-state index in [1.54, 1.807) is 17.5 Å². The van der Waals surface area contributed by atoms with Crippen LogP contribution >= 0.6 is 11.3 Å². The molecule has 35 heavy (non-hydrogen) atoms. The van der Waals surface area contributed by atoms with Crippen molar-refractivity contribution in [3.63, 3.8) is 0 Å². The van der Waals surface area contributed by atoms with Crippen LogP contribution in [0.5, 0.6) is 0 Å². The number of carbonyl (C=O) groups excluding carboxylic acids is 1. The molecule has 8 heteroatoms. The van der Waals surface area contributed by atoms with Gasteiger partial charge in [0.2, 0.25) is 5.91 Å². The molecule has 0 bridgehead atoms. The molecule has 0 aliphatic heterocycles. The summed E-state index contributed by atoms with van der Waals surface area (Å²) < 4.78 is 0. The van der Waals surface area contributed by atoms with Crippen molar-refractivity contribution in [2.24, 2.45) is 5.92 Å². The third-order valence-corrected chi connectivity index (χ3v) is 8.37. The predicted octanol–water partition coefficient (Wildman–Crippen LogP) is 5.35. The quantitative estimate of drug-likeness (QED) is 0.430. The van der Waals surface area contributed by atoms with E-state index in [1.165, 1.54) is 0 Å². The van der Waals surface area contributed by atoms with Gasteiger partial charge in [-0.2, -0.15) is 0 Å². The van der Waals surface area contributed by atoms with Crippen LogP contribution in [0.15, 0.2) is 42.7 Å². The lowest BCUT2D eigenvalue weighted by Gasteiger charge is -2.30. The first-order chi connectivity index (χ1) is 17.0. The van der Waals surface area contributed by atoms with E-state index >= 15 is 0 Å². The van der Waals surface area contributed by atoms with Crippen molar-refractivity contribution in [2.45, 2.75) is 76.4 Å². The molecule has 7 nitrogen and oxygen atoms in total. The number of carbonyl (C=O) groups is 1. The standard InChI is InChI=1S/C27H33N5O2S/c1-17-13-14-28-25(15-17)32-24-4-2-3-22(31-24)23-16-29-27(35-23)19-7-5-18(6-8-19)26(34)30-20-9-11-21(33)12-10-20/h2-4,13-16,18-21,33H,5-12H2,1H3,(H,30,34)(H,28,31,32)/t18-,19-,20-,21-. The van der Waals surface area contributed by atoms with E-state index in [9.17, 15) is 9.90 Å². The van der Waals surface area contributed by atoms with Crippen LogP contribution in [0.25, 0.3) is 10.6 Å². The van der Waals surface area contributed by atoms with Gasteiger partial charge in [-0.3, -0.25) is 4.79 Å². The first-order valence-electron chi connectivity index (χ1n) is 12.6. The first-order valence-corrected chi connectivity index (χ1v) is 13.5. The minimum Gasteiger partial charge on any atom is -0.393 e. The number of aromatic nitrogens is 3. The molecule has 0 saturated heterocycles. The van der Waals surface area contributed by atoms with Crippen LogP contribution in [-0.2, 0) is 4.79 Å². The van der Waals surface area contributed by atoms with Gasteiger partial charge < -0.3 is 15.7 Å². The Kier molecular flexibility index (Phi) is 7.39. The number of hydrogen-bond donors (Lipinski definition) is 3. The SMILES string of the molecule is Cc1ccnc(Nc2cccc(-c3cnc([C@H]4CC[C@H](C(=O)N[C@H]5CC[C@H](O)CC5)CC4)s3)n2)c1. The Balaban J connectivity index is 1.16. The number of rotatable bonds is 6. The molecule has 2 aliphatic carbocycles. The normalized spacial score (nSPS) is 24.6. The average Bonchev–Trinajstić information content (AvgIpc) is 3.36. The maximum absolute atomic E-state index is 12.8. The minimum absolute atomic E-state index is 0.0946. The van der Waals surface area contributed by atoms with Gasteiger partial charge in [0.15, 0.2) is 0 Å². The molecule has 3 N–H and O–H groups in total. The molecule has 1 amide bonds. The highest BCUT2D eigenvalue weighted by atomic mass is 32.1. The van der Waals surface area contributed by atoms with E-state index in [1.807, 2.05) is 43.5 Å². The smallest absolute Gasteiger partial charge is 0.223 e. The third-order valence-electron chi connectivity index (χ3n) is 7.19. The van der Waals surface area contributed by atoms with Crippen molar-refractivity contribution in [1.82, 2.24) is 20.3 Å². The number of aliphatic hydroxyl groups excluding tert-OH is 1. The second kappa shape index (κ2) is 10.8. The summed E-state index contributed by atoms with van der Waals surface area (Å²) in [5.41, 5.74) is 2.05. The molecule has 3 heterocycles. The molecule has 0 unspecified atom stereocenters. The Hall–Kier alpha value is -2.84. The summed E-state index contributed by atoms with van der Waals surface area (Å²) in [5.74, 6) is 2.23. The van der Waals surface area contributed by atoms with Gasteiger partial charge in [-0.15, -0.1) is 11.3 Å². The minimum atomic E-state index is -0.194. The highest BCUT2D eigenvalue weighted by Crippen LogP contribution is 2.39. The van der Waals surface area contributed by atoms with Crippen LogP contribution in [0.1, 0.15) is 67.9 Å². The average molecular weight is 492 g/mol. The lowest BCUT2D eigenvalue weighted by atomic mass is 9.81. The summed E-state index contributed by atoms with van der Waals surface area (Å²) in [4.78, 5) is 27.7. The Labute approximate surface area is 210 Å². The number of thiazole rings is 1. The summed E-state index contributed by atoms with van der Waals surface area (Å²) >= 11 is 1.71. The molecule has 0 atom stereocenters. The summed E-state index contributed by atoms with van der Waals surface area (Å²) in [6.45, 7) is 2.04. The van der Waals surface area contributed by atoms with Crippen LogP contribution in [0.2, 0.25) is 0 Å². The molecular formula is C27H33N5O2S. The largest absolute Gasteiger partial charge is 0.393 e. The first kappa shape index (κ1) is 23.9. The van der Waals surface area contributed by atoms with Crippen LogP contribution < -0.4 is 10.6 Å². The molecule has 0 spiro atoms. The fourth-order valence-corrected chi connectivity index (χ4v) is 6.17. The van der Waals surface area contributed by atoms with E-state index in [2.05, 4.69) is 15.6 Å². The molecule has 184 valence electrons. The Morgan fingerprint density at radius 3 is 2.57 bits per heavy atom. The summed E-state index contributed by atoms with van der Waals surface area (Å²) in [5, 5.41) is 17.3. The molecule has 5 rings (SSSR count). The van der Waals surface area contributed by atoms with Gasteiger partial charge in [-0.25, -0.2) is 15.0 Å². The van der Waals surface area contributed by atoms with E-state index < -0.39 is 0 Å². The zero-order valence-electron chi connectivity index (χ0n) is 20.1. The Bertz CT molecular complexity index is 1150. The lowest BCUT2D eigenvalue weighted by Crippen LogP contribution is -2.42. The van der Waals surface area contributed by atoms with Gasteiger partial charge in [0.25, 0.3) is 0 Å². The monoisotopic (exact) mass is 491 g/mol. The number of amides is 1. The van der Waals surface area contributed by atoms with Gasteiger partial charge in [0, 0.05) is 30.3 Å². The zero-order valence-corrected chi connectivity index (χ0v) is 20.9. The van der Waals surface area contributed by atoms with Gasteiger partial charge in [0.1, 0.15) is 11.6 Å². The molecule has 2 aliphatic rings. The maximum atomic E-state index is 12.8. The molecule has 0 aromatic carbocycles. The van der Waals surface area contributed by atoms with E-state index in [-0.39, 0.29) is 24.0 Å². The molecule has 0 radical (unpaired) electrons. The number of nitrogens with one attached hydrogen (secondary N) is 2. The fourth-order valence-electron chi connectivity index (χ4n) is 5.11. The number of nitrogens with zero attached hydrogens (tertiary/aromatic N) is 3. The number of anilines is 2.